The van der Waals surface area contributed by atoms with E-state index in [0.29, 0.717) is 6.10 Å². The van der Waals surface area contributed by atoms with E-state index < -0.39 is 0 Å². The van der Waals surface area contributed by atoms with Gasteiger partial charge in [-0.3, -0.25) is 0 Å². The SMILES string of the molecule is OCC12CCCCCCC1O2. The largest absolute Gasteiger partial charge is 0.393 e. The summed E-state index contributed by atoms with van der Waals surface area (Å²) in [6, 6.07) is 0. The standard InChI is InChI=1S/C9H16O2/c10-7-9-6-4-2-1-3-5-8(9)11-9/h8,10H,1-7H2. The highest BCUT2D eigenvalue weighted by atomic mass is 16.6. The monoisotopic (exact) mass is 156 g/mol. The highest BCUT2D eigenvalue weighted by Crippen LogP contribution is 2.44. The summed E-state index contributed by atoms with van der Waals surface area (Å²) < 4.78 is 5.52. The van der Waals surface area contributed by atoms with Crippen molar-refractivity contribution in [3.05, 3.63) is 0 Å². The van der Waals surface area contributed by atoms with Crippen molar-refractivity contribution in [1.29, 1.82) is 0 Å². The molecule has 1 aliphatic heterocycles. The van der Waals surface area contributed by atoms with E-state index in [1.54, 1.807) is 0 Å². The Morgan fingerprint density at radius 1 is 1.27 bits per heavy atom. The van der Waals surface area contributed by atoms with Gasteiger partial charge in [-0.25, -0.2) is 0 Å². The first-order valence-corrected chi connectivity index (χ1v) is 4.66. The van der Waals surface area contributed by atoms with E-state index >= 15 is 0 Å². The van der Waals surface area contributed by atoms with Gasteiger partial charge in [-0.15, -0.1) is 0 Å². The molecule has 2 rings (SSSR count). The van der Waals surface area contributed by atoms with E-state index in [4.69, 9.17) is 9.84 Å². The molecule has 2 fully saturated rings. The van der Waals surface area contributed by atoms with Gasteiger partial charge in [0.25, 0.3) is 0 Å². The Hall–Kier alpha value is -0.0800. The van der Waals surface area contributed by atoms with Crippen LogP contribution in [0.1, 0.15) is 38.5 Å². The number of aliphatic hydroxyl groups is 1. The van der Waals surface area contributed by atoms with Crippen LogP contribution in [0.5, 0.6) is 0 Å². The lowest BCUT2D eigenvalue weighted by Gasteiger charge is -2.11. The molecule has 0 radical (unpaired) electrons. The molecule has 0 aromatic carbocycles. The van der Waals surface area contributed by atoms with Crippen molar-refractivity contribution in [2.24, 2.45) is 0 Å². The molecule has 2 aliphatic rings. The van der Waals surface area contributed by atoms with Gasteiger partial charge in [-0.05, 0) is 12.8 Å². The normalized spacial score (nSPS) is 43.9. The summed E-state index contributed by atoms with van der Waals surface area (Å²) in [6.07, 6.45) is 7.82. The van der Waals surface area contributed by atoms with Gasteiger partial charge in [0, 0.05) is 0 Å². The number of rotatable bonds is 1. The fraction of sp³-hybridized carbons (Fsp3) is 1.00. The van der Waals surface area contributed by atoms with Crippen LogP contribution in [0.2, 0.25) is 0 Å². The van der Waals surface area contributed by atoms with Gasteiger partial charge in [0.05, 0.1) is 12.7 Å². The molecule has 0 aromatic heterocycles. The Labute approximate surface area is 67.6 Å². The second-order valence-electron chi connectivity index (χ2n) is 3.78. The summed E-state index contributed by atoms with van der Waals surface area (Å²) >= 11 is 0. The van der Waals surface area contributed by atoms with E-state index in [0.717, 1.165) is 6.42 Å². The van der Waals surface area contributed by atoms with Crippen molar-refractivity contribution in [3.8, 4) is 0 Å². The van der Waals surface area contributed by atoms with Crippen LogP contribution < -0.4 is 0 Å². The Bertz CT molecular complexity index is 144. The third kappa shape index (κ3) is 1.30. The number of fused-ring (bicyclic) bond motifs is 1. The van der Waals surface area contributed by atoms with Crippen molar-refractivity contribution in [1.82, 2.24) is 0 Å². The van der Waals surface area contributed by atoms with E-state index in [2.05, 4.69) is 0 Å². The van der Waals surface area contributed by atoms with E-state index in [1.165, 1.54) is 32.1 Å². The van der Waals surface area contributed by atoms with Gasteiger partial charge >= 0.3 is 0 Å². The molecule has 1 aliphatic carbocycles. The minimum atomic E-state index is -0.0829. The molecule has 0 aromatic rings. The molecule has 2 atom stereocenters. The Balaban J connectivity index is 1.93. The first-order valence-electron chi connectivity index (χ1n) is 4.66. The van der Waals surface area contributed by atoms with Crippen LogP contribution >= 0.6 is 0 Å². The van der Waals surface area contributed by atoms with E-state index in [-0.39, 0.29) is 12.2 Å². The molecule has 1 N–H and O–H groups in total. The van der Waals surface area contributed by atoms with Crippen LogP contribution in [0.3, 0.4) is 0 Å². The second kappa shape index (κ2) is 2.76. The molecular weight excluding hydrogens is 140 g/mol. The zero-order valence-electron chi connectivity index (χ0n) is 6.88. The summed E-state index contributed by atoms with van der Waals surface area (Å²) in [6.45, 7) is 0.234. The fourth-order valence-corrected chi connectivity index (χ4v) is 2.12. The molecule has 1 saturated heterocycles. The van der Waals surface area contributed by atoms with Crippen LogP contribution in [0, 0.1) is 0 Å². The van der Waals surface area contributed by atoms with Crippen molar-refractivity contribution >= 4 is 0 Å². The lowest BCUT2D eigenvalue weighted by molar-refractivity contribution is 0.161. The van der Waals surface area contributed by atoms with Gasteiger partial charge in [-0.1, -0.05) is 25.7 Å². The molecule has 1 saturated carbocycles. The molecule has 0 bridgehead atoms. The number of ether oxygens (including phenoxy) is 1. The van der Waals surface area contributed by atoms with Crippen molar-refractivity contribution in [2.75, 3.05) is 6.61 Å². The predicted octanol–water partition coefficient (Wildman–Crippen LogP) is 1.47. The first kappa shape index (κ1) is 7.56. The average Bonchev–Trinajstić information content (AvgIpc) is 2.64. The molecule has 2 nitrogen and oxygen atoms in total. The summed E-state index contributed by atoms with van der Waals surface area (Å²) in [5.74, 6) is 0. The van der Waals surface area contributed by atoms with E-state index in [9.17, 15) is 0 Å². The number of aliphatic hydroxyl groups excluding tert-OH is 1. The second-order valence-corrected chi connectivity index (χ2v) is 3.78. The van der Waals surface area contributed by atoms with Gasteiger partial charge in [-0.2, -0.15) is 0 Å². The lowest BCUT2D eigenvalue weighted by Crippen LogP contribution is -2.21. The maximum atomic E-state index is 9.08. The zero-order valence-corrected chi connectivity index (χ0v) is 6.88. The fourth-order valence-electron chi connectivity index (χ4n) is 2.12. The number of hydrogen-bond acceptors (Lipinski definition) is 2. The van der Waals surface area contributed by atoms with Crippen LogP contribution in [0.25, 0.3) is 0 Å². The third-order valence-corrected chi connectivity index (χ3v) is 2.99. The Morgan fingerprint density at radius 3 is 2.91 bits per heavy atom. The maximum Gasteiger partial charge on any atom is 0.118 e. The molecule has 1 heterocycles. The summed E-state index contributed by atoms with van der Waals surface area (Å²) in [5.41, 5.74) is -0.0829. The van der Waals surface area contributed by atoms with Gasteiger partial charge in [0.15, 0.2) is 0 Å². The molecule has 0 amide bonds. The Kier molecular flexibility index (Phi) is 1.90. The minimum Gasteiger partial charge on any atom is -0.393 e. The Morgan fingerprint density at radius 2 is 2.09 bits per heavy atom. The zero-order chi connectivity index (χ0) is 7.73. The summed E-state index contributed by atoms with van der Waals surface area (Å²) in [4.78, 5) is 0. The third-order valence-electron chi connectivity index (χ3n) is 2.99. The number of epoxide rings is 1. The van der Waals surface area contributed by atoms with Gasteiger partial charge < -0.3 is 9.84 Å². The molecule has 2 unspecified atom stereocenters. The predicted molar refractivity (Wildman–Crippen MR) is 42.4 cm³/mol. The van der Waals surface area contributed by atoms with Crippen LogP contribution in [0.4, 0.5) is 0 Å². The molecular formula is C9H16O2. The first-order chi connectivity index (χ1) is 5.37. The average molecular weight is 156 g/mol. The van der Waals surface area contributed by atoms with Crippen molar-refractivity contribution < 1.29 is 9.84 Å². The van der Waals surface area contributed by atoms with Gasteiger partial charge in [0.2, 0.25) is 0 Å². The number of hydrogen-bond donors (Lipinski definition) is 1. The molecule has 2 heteroatoms. The minimum absolute atomic E-state index is 0.0829. The maximum absolute atomic E-state index is 9.08. The topological polar surface area (TPSA) is 32.8 Å². The molecule has 11 heavy (non-hydrogen) atoms. The smallest absolute Gasteiger partial charge is 0.118 e. The van der Waals surface area contributed by atoms with Crippen LogP contribution in [0.15, 0.2) is 0 Å². The van der Waals surface area contributed by atoms with Crippen molar-refractivity contribution in [3.63, 3.8) is 0 Å². The van der Waals surface area contributed by atoms with Gasteiger partial charge in [0.1, 0.15) is 5.60 Å². The van der Waals surface area contributed by atoms with Crippen LogP contribution in [-0.2, 0) is 4.74 Å². The van der Waals surface area contributed by atoms with Crippen molar-refractivity contribution in [2.45, 2.75) is 50.2 Å². The summed E-state index contributed by atoms with van der Waals surface area (Å²) in [7, 11) is 0. The summed E-state index contributed by atoms with van der Waals surface area (Å²) in [5, 5.41) is 9.08. The molecule has 0 spiro atoms. The van der Waals surface area contributed by atoms with E-state index in [1.807, 2.05) is 0 Å². The van der Waals surface area contributed by atoms with Crippen LogP contribution in [-0.4, -0.2) is 23.4 Å². The lowest BCUT2D eigenvalue weighted by atomic mass is 9.92. The highest BCUT2D eigenvalue weighted by Gasteiger charge is 2.54. The quantitative estimate of drug-likeness (QED) is 0.583. The molecule has 64 valence electrons. The highest BCUT2D eigenvalue weighted by molar-refractivity contribution is 5.02.